The van der Waals surface area contributed by atoms with E-state index in [-0.39, 0.29) is 22.4 Å². The lowest BCUT2D eigenvalue weighted by atomic mass is 10.2. The van der Waals surface area contributed by atoms with E-state index in [1.165, 1.54) is 24.3 Å². The van der Waals surface area contributed by atoms with E-state index in [0.717, 1.165) is 24.0 Å². The van der Waals surface area contributed by atoms with Crippen LogP contribution in [0, 0.1) is 6.92 Å². The van der Waals surface area contributed by atoms with Crippen molar-refractivity contribution in [1.82, 2.24) is 9.44 Å². The van der Waals surface area contributed by atoms with Crippen molar-refractivity contribution in [3.8, 4) is 0 Å². The molecule has 25 heavy (non-hydrogen) atoms. The van der Waals surface area contributed by atoms with Gasteiger partial charge in [-0.3, -0.25) is 0 Å². The maximum absolute atomic E-state index is 12.3. The van der Waals surface area contributed by atoms with Crippen LogP contribution in [0.2, 0.25) is 0 Å². The van der Waals surface area contributed by atoms with Crippen molar-refractivity contribution in [3.05, 3.63) is 59.7 Å². The Morgan fingerprint density at radius 3 is 1.88 bits per heavy atom. The Kier molecular flexibility index (Phi) is 4.97. The highest BCUT2D eigenvalue weighted by atomic mass is 32.2. The Balaban J connectivity index is 1.70. The summed E-state index contributed by atoms with van der Waals surface area (Å²) in [4.78, 5) is 0.0990. The number of sulfonamides is 2. The van der Waals surface area contributed by atoms with Crippen molar-refractivity contribution in [2.24, 2.45) is 0 Å². The Morgan fingerprint density at radius 1 is 0.840 bits per heavy atom. The van der Waals surface area contributed by atoms with Crippen LogP contribution in [0.4, 0.5) is 0 Å². The second-order valence-electron chi connectivity index (χ2n) is 6.18. The minimum absolute atomic E-state index is 0.00425. The Morgan fingerprint density at radius 2 is 1.36 bits per heavy atom. The molecule has 3 rings (SSSR count). The van der Waals surface area contributed by atoms with Gasteiger partial charge < -0.3 is 0 Å². The Bertz CT molecular complexity index is 947. The van der Waals surface area contributed by atoms with E-state index in [4.69, 9.17) is 0 Å². The van der Waals surface area contributed by atoms with Crippen LogP contribution in [0.5, 0.6) is 0 Å². The van der Waals surface area contributed by atoms with Crippen LogP contribution < -0.4 is 9.44 Å². The van der Waals surface area contributed by atoms with Crippen molar-refractivity contribution < 1.29 is 16.8 Å². The van der Waals surface area contributed by atoms with Crippen molar-refractivity contribution in [2.45, 2.75) is 42.1 Å². The van der Waals surface area contributed by atoms with Crippen molar-refractivity contribution in [3.63, 3.8) is 0 Å². The van der Waals surface area contributed by atoms with Crippen molar-refractivity contribution >= 4 is 20.0 Å². The molecule has 2 aromatic carbocycles. The van der Waals surface area contributed by atoms with Gasteiger partial charge in [-0.25, -0.2) is 26.3 Å². The SMILES string of the molecule is Cc1ccc(CNS(=O)(=O)c2ccc(S(=O)(=O)NC3CC3)cc2)cc1. The molecular weight excluding hydrogens is 360 g/mol. The first-order valence-electron chi connectivity index (χ1n) is 7.94. The lowest BCUT2D eigenvalue weighted by Gasteiger charge is -2.09. The van der Waals surface area contributed by atoms with E-state index < -0.39 is 20.0 Å². The average molecular weight is 380 g/mol. The molecule has 0 unspecified atom stereocenters. The predicted molar refractivity (Wildman–Crippen MR) is 95.0 cm³/mol. The third kappa shape index (κ3) is 4.66. The van der Waals surface area contributed by atoms with E-state index in [2.05, 4.69) is 9.44 Å². The number of nitrogens with one attached hydrogen (secondary N) is 2. The molecular formula is C17H20N2O4S2. The smallest absolute Gasteiger partial charge is 0.208 e. The molecule has 2 aromatic rings. The Labute approximate surface area is 148 Å². The van der Waals surface area contributed by atoms with E-state index in [1.807, 2.05) is 31.2 Å². The summed E-state index contributed by atoms with van der Waals surface area (Å²) in [5.41, 5.74) is 1.95. The summed E-state index contributed by atoms with van der Waals surface area (Å²) >= 11 is 0. The van der Waals surface area contributed by atoms with Crippen LogP contribution in [0.1, 0.15) is 24.0 Å². The zero-order chi connectivity index (χ0) is 18.1. The van der Waals surface area contributed by atoms with Gasteiger partial charge in [-0.05, 0) is 49.6 Å². The molecule has 0 aliphatic heterocycles. The quantitative estimate of drug-likeness (QED) is 0.767. The molecule has 0 aromatic heterocycles. The summed E-state index contributed by atoms with van der Waals surface area (Å²) in [6.45, 7) is 2.13. The molecule has 0 spiro atoms. The normalized spacial score (nSPS) is 15.2. The van der Waals surface area contributed by atoms with Crippen LogP contribution in [-0.4, -0.2) is 22.9 Å². The molecule has 0 atom stereocenters. The van der Waals surface area contributed by atoms with Crippen LogP contribution in [0.3, 0.4) is 0 Å². The number of rotatable bonds is 7. The molecule has 0 heterocycles. The summed E-state index contributed by atoms with van der Waals surface area (Å²) < 4.78 is 54.0. The zero-order valence-corrected chi connectivity index (χ0v) is 15.4. The largest absolute Gasteiger partial charge is 0.240 e. The summed E-state index contributed by atoms with van der Waals surface area (Å²) in [7, 11) is -7.29. The van der Waals surface area contributed by atoms with E-state index in [1.54, 1.807) is 0 Å². The van der Waals surface area contributed by atoms with Gasteiger partial charge in [0.25, 0.3) is 0 Å². The number of benzene rings is 2. The molecule has 0 amide bonds. The molecule has 1 aliphatic carbocycles. The molecule has 6 nitrogen and oxygen atoms in total. The molecule has 1 aliphatic rings. The standard InChI is InChI=1S/C17H20N2O4S2/c1-13-2-4-14(5-3-13)12-18-24(20,21)16-8-10-17(11-9-16)25(22,23)19-15-6-7-15/h2-5,8-11,15,18-19H,6-7,12H2,1H3. The second-order valence-corrected chi connectivity index (χ2v) is 9.66. The predicted octanol–water partition coefficient (Wildman–Crippen LogP) is 1.91. The maximum Gasteiger partial charge on any atom is 0.240 e. The summed E-state index contributed by atoms with van der Waals surface area (Å²) in [5, 5.41) is 0. The second kappa shape index (κ2) is 6.87. The van der Waals surface area contributed by atoms with Crippen LogP contribution in [0.25, 0.3) is 0 Å². The first kappa shape index (κ1) is 18.1. The molecule has 134 valence electrons. The minimum Gasteiger partial charge on any atom is -0.208 e. The topological polar surface area (TPSA) is 92.3 Å². The van der Waals surface area contributed by atoms with E-state index in [9.17, 15) is 16.8 Å². The highest BCUT2D eigenvalue weighted by Gasteiger charge is 2.28. The third-order valence-corrected chi connectivity index (χ3v) is 6.88. The molecule has 1 fully saturated rings. The van der Waals surface area contributed by atoms with Gasteiger partial charge in [-0.15, -0.1) is 0 Å². The number of hydrogen-bond donors (Lipinski definition) is 2. The maximum atomic E-state index is 12.3. The summed E-state index contributed by atoms with van der Waals surface area (Å²) in [6.07, 6.45) is 1.68. The lowest BCUT2D eigenvalue weighted by molar-refractivity contribution is 0.577. The lowest BCUT2D eigenvalue weighted by Crippen LogP contribution is -2.26. The fourth-order valence-corrected chi connectivity index (χ4v) is 4.58. The molecule has 1 saturated carbocycles. The third-order valence-electron chi connectivity index (χ3n) is 3.93. The van der Waals surface area contributed by atoms with Gasteiger partial charge in [0.1, 0.15) is 0 Å². The summed E-state index contributed by atoms with van der Waals surface area (Å²) in [6, 6.07) is 12.8. The van der Waals surface area contributed by atoms with Gasteiger partial charge in [-0.2, -0.15) is 0 Å². The van der Waals surface area contributed by atoms with Gasteiger partial charge in [-0.1, -0.05) is 29.8 Å². The van der Waals surface area contributed by atoms with Crippen LogP contribution >= 0.6 is 0 Å². The highest BCUT2D eigenvalue weighted by Crippen LogP contribution is 2.22. The van der Waals surface area contributed by atoms with Gasteiger partial charge in [0.2, 0.25) is 20.0 Å². The number of aryl methyl sites for hydroxylation is 1. The molecule has 2 N–H and O–H groups in total. The van der Waals surface area contributed by atoms with Crippen LogP contribution in [0.15, 0.2) is 58.3 Å². The first-order chi connectivity index (χ1) is 11.8. The number of hydrogen-bond acceptors (Lipinski definition) is 4. The van der Waals surface area contributed by atoms with Crippen LogP contribution in [-0.2, 0) is 26.6 Å². The van der Waals surface area contributed by atoms with Gasteiger partial charge in [0.05, 0.1) is 9.79 Å². The fraction of sp³-hybridized carbons (Fsp3) is 0.294. The van der Waals surface area contributed by atoms with Gasteiger partial charge in [0, 0.05) is 12.6 Å². The van der Waals surface area contributed by atoms with Gasteiger partial charge >= 0.3 is 0 Å². The first-order valence-corrected chi connectivity index (χ1v) is 10.9. The fourth-order valence-electron chi connectivity index (χ4n) is 2.25. The molecule has 0 saturated heterocycles. The zero-order valence-electron chi connectivity index (χ0n) is 13.8. The highest BCUT2D eigenvalue weighted by molar-refractivity contribution is 7.90. The van der Waals surface area contributed by atoms with Crippen molar-refractivity contribution in [2.75, 3.05) is 0 Å². The monoisotopic (exact) mass is 380 g/mol. The van der Waals surface area contributed by atoms with E-state index >= 15 is 0 Å². The average Bonchev–Trinajstić information content (AvgIpc) is 3.38. The van der Waals surface area contributed by atoms with E-state index in [0.29, 0.717) is 0 Å². The van der Waals surface area contributed by atoms with Crippen molar-refractivity contribution in [1.29, 1.82) is 0 Å². The summed E-state index contributed by atoms with van der Waals surface area (Å²) in [5.74, 6) is 0. The molecule has 0 bridgehead atoms. The molecule has 8 heteroatoms. The molecule has 0 radical (unpaired) electrons. The van der Waals surface area contributed by atoms with Gasteiger partial charge in [0.15, 0.2) is 0 Å². The minimum atomic E-state index is -3.71. The Hall–Kier alpha value is -1.74.